The van der Waals surface area contributed by atoms with Gasteiger partial charge in [0.15, 0.2) is 0 Å². The first kappa shape index (κ1) is 14.8. The van der Waals surface area contributed by atoms with Crippen molar-refractivity contribution in [2.24, 2.45) is 0 Å². The third-order valence-corrected chi connectivity index (χ3v) is 4.30. The second-order valence-corrected chi connectivity index (χ2v) is 5.99. The largest absolute Gasteiger partial charge is 0.492 e. The van der Waals surface area contributed by atoms with E-state index in [1.165, 1.54) is 18.4 Å². The van der Waals surface area contributed by atoms with Crippen molar-refractivity contribution < 1.29 is 9.47 Å². The van der Waals surface area contributed by atoms with Crippen molar-refractivity contribution >= 4 is 0 Å². The molecule has 0 amide bonds. The molecule has 2 heterocycles. The molecule has 4 heteroatoms. The van der Waals surface area contributed by atoms with Crippen molar-refractivity contribution in [1.29, 1.82) is 0 Å². The Labute approximate surface area is 127 Å². The average Bonchev–Trinajstić information content (AvgIpc) is 2.85. The number of hydrogen-bond donors (Lipinski definition) is 1. The summed E-state index contributed by atoms with van der Waals surface area (Å²) in [5.41, 5.74) is 1.30. The molecule has 1 N–H and O–H groups in total. The van der Waals surface area contributed by atoms with Crippen molar-refractivity contribution in [3.63, 3.8) is 0 Å². The maximum absolute atomic E-state index is 5.86. The average molecular weight is 290 g/mol. The smallest absolute Gasteiger partial charge is 0.119 e. The van der Waals surface area contributed by atoms with Crippen LogP contribution < -0.4 is 10.1 Å². The molecule has 0 aromatic heterocycles. The summed E-state index contributed by atoms with van der Waals surface area (Å²) in [6.07, 6.45) is 3.40. The lowest BCUT2D eigenvalue weighted by Gasteiger charge is -2.31. The van der Waals surface area contributed by atoms with Crippen molar-refractivity contribution in [3.8, 4) is 5.75 Å². The Bertz CT molecular complexity index is 423. The molecule has 4 nitrogen and oxygen atoms in total. The molecule has 2 aliphatic rings. The molecule has 2 fully saturated rings. The van der Waals surface area contributed by atoms with Crippen LogP contribution in [0.3, 0.4) is 0 Å². The minimum absolute atomic E-state index is 0.467. The van der Waals surface area contributed by atoms with Crippen LogP contribution in [0.1, 0.15) is 25.3 Å². The van der Waals surface area contributed by atoms with E-state index in [0.717, 1.165) is 45.1 Å². The molecule has 116 valence electrons. The summed E-state index contributed by atoms with van der Waals surface area (Å²) in [5.74, 6) is 0.964. The predicted octanol–water partition coefficient (Wildman–Crippen LogP) is 2.04. The zero-order valence-corrected chi connectivity index (χ0v) is 12.9. The molecule has 2 atom stereocenters. The Hall–Kier alpha value is -1.10. The Morgan fingerprint density at radius 3 is 2.57 bits per heavy atom. The number of likely N-dealkylation sites (tertiary alicyclic amines) is 1. The van der Waals surface area contributed by atoms with Gasteiger partial charge in [0, 0.05) is 26.2 Å². The summed E-state index contributed by atoms with van der Waals surface area (Å²) in [6, 6.07) is 8.39. The molecule has 2 unspecified atom stereocenters. The fourth-order valence-electron chi connectivity index (χ4n) is 3.15. The van der Waals surface area contributed by atoms with Gasteiger partial charge in [0.05, 0.1) is 12.2 Å². The zero-order chi connectivity index (χ0) is 14.5. The highest BCUT2D eigenvalue weighted by Crippen LogP contribution is 2.25. The van der Waals surface area contributed by atoms with Gasteiger partial charge >= 0.3 is 0 Å². The second kappa shape index (κ2) is 7.25. The van der Waals surface area contributed by atoms with Crippen LogP contribution in [0, 0.1) is 0 Å². The fraction of sp³-hybridized carbons (Fsp3) is 0.647. The first-order valence-electron chi connectivity index (χ1n) is 8.14. The third-order valence-electron chi connectivity index (χ3n) is 4.30. The van der Waals surface area contributed by atoms with Gasteiger partial charge in [-0.1, -0.05) is 19.1 Å². The van der Waals surface area contributed by atoms with Gasteiger partial charge in [-0.3, -0.25) is 4.90 Å². The number of nitrogens with zero attached hydrogens (tertiary/aromatic N) is 1. The monoisotopic (exact) mass is 290 g/mol. The van der Waals surface area contributed by atoms with Gasteiger partial charge in [-0.15, -0.1) is 0 Å². The van der Waals surface area contributed by atoms with Crippen molar-refractivity contribution in [2.45, 2.75) is 38.5 Å². The van der Waals surface area contributed by atoms with Gasteiger partial charge in [-0.05, 0) is 37.1 Å². The van der Waals surface area contributed by atoms with Crippen LogP contribution in [0.2, 0.25) is 0 Å². The lowest BCUT2D eigenvalue weighted by atomic mass is 10.2. The molecule has 0 spiro atoms. The van der Waals surface area contributed by atoms with Gasteiger partial charge < -0.3 is 14.8 Å². The van der Waals surface area contributed by atoms with Crippen molar-refractivity contribution in [3.05, 3.63) is 29.8 Å². The lowest BCUT2D eigenvalue weighted by molar-refractivity contribution is -0.0408. The summed E-state index contributed by atoms with van der Waals surface area (Å²) in [5, 5.41) is 3.33. The van der Waals surface area contributed by atoms with E-state index in [2.05, 4.69) is 41.4 Å². The van der Waals surface area contributed by atoms with Gasteiger partial charge in [-0.25, -0.2) is 0 Å². The standard InChI is InChI=1S/C17H26N2O2/c1-2-18-11-14-3-5-15(6-4-14)20-10-9-19-12-16-7-8-17(13-19)21-16/h3-6,16-18H,2,7-13H2,1H3. The summed E-state index contributed by atoms with van der Waals surface area (Å²) in [7, 11) is 0. The van der Waals surface area contributed by atoms with E-state index in [9.17, 15) is 0 Å². The molecule has 2 aliphatic heterocycles. The van der Waals surface area contributed by atoms with Crippen LogP contribution in [-0.2, 0) is 11.3 Å². The van der Waals surface area contributed by atoms with E-state index in [1.807, 2.05) is 0 Å². The number of benzene rings is 1. The molecular formula is C17H26N2O2. The maximum atomic E-state index is 5.86. The van der Waals surface area contributed by atoms with E-state index in [0.29, 0.717) is 12.2 Å². The number of hydrogen-bond acceptors (Lipinski definition) is 4. The minimum atomic E-state index is 0.467. The Balaban J connectivity index is 1.39. The second-order valence-electron chi connectivity index (χ2n) is 5.99. The quantitative estimate of drug-likeness (QED) is 0.833. The number of ether oxygens (including phenoxy) is 2. The zero-order valence-electron chi connectivity index (χ0n) is 12.9. The van der Waals surface area contributed by atoms with Gasteiger partial charge in [0.1, 0.15) is 12.4 Å². The highest BCUT2D eigenvalue weighted by atomic mass is 16.5. The molecule has 1 aromatic rings. The highest BCUT2D eigenvalue weighted by molar-refractivity contribution is 5.27. The number of fused-ring (bicyclic) bond motifs is 2. The number of nitrogens with one attached hydrogen (secondary N) is 1. The van der Waals surface area contributed by atoms with E-state index >= 15 is 0 Å². The first-order chi connectivity index (χ1) is 10.3. The summed E-state index contributed by atoms with van der Waals surface area (Å²) < 4.78 is 11.7. The van der Waals surface area contributed by atoms with E-state index < -0.39 is 0 Å². The molecule has 1 aromatic carbocycles. The van der Waals surface area contributed by atoms with Gasteiger partial charge in [0.2, 0.25) is 0 Å². The minimum Gasteiger partial charge on any atom is -0.492 e. The topological polar surface area (TPSA) is 33.7 Å². The van der Waals surface area contributed by atoms with Crippen LogP contribution in [-0.4, -0.2) is 49.9 Å². The van der Waals surface area contributed by atoms with Gasteiger partial charge in [-0.2, -0.15) is 0 Å². The van der Waals surface area contributed by atoms with Crippen LogP contribution >= 0.6 is 0 Å². The highest BCUT2D eigenvalue weighted by Gasteiger charge is 2.33. The first-order valence-corrected chi connectivity index (χ1v) is 8.14. The summed E-state index contributed by atoms with van der Waals surface area (Å²) in [4.78, 5) is 2.48. The maximum Gasteiger partial charge on any atom is 0.119 e. The lowest BCUT2D eigenvalue weighted by Crippen LogP contribution is -2.44. The van der Waals surface area contributed by atoms with Crippen LogP contribution in [0.15, 0.2) is 24.3 Å². The number of morpholine rings is 1. The molecule has 0 radical (unpaired) electrons. The van der Waals surface area contributed by atoms with Crippen LogP contribution in [0.4, 0.5) is 0 Å². The normalized spacial score (nSPS) is 25.2. The Morgan fingerprint density at radius 2 is 1.90 bits per heavy atom. The van der Waals surface area contributed by atoms with E-state index in [4.69, 9.17) is 9.47 Å². The van der Waals surface area contributed by atoms with Crippen LogP contribution in [0.25, 0.3) is 0 Å². The Kier molecular flexibility index (Phi) is 5.12. The predicted molar refractivity (Wildman–Crippen MR) is 83.7 cm³/mol. The summed E-state index contributed by atoms with van der Waals surface area (Å²) >= 11 is 0. The SMILES string of the molecule is CCNCc1ccc(OCCN2CC3CCC(C2)O3)cc1. The van der Waals surface area contributed by atoms with Gasteiger partial charge in [0.25, 0.3) is 0 Å². The molecule has 3 rings (SSSR count). The molecule has 0 saturated carbocycles. The molecule has 2 bridgehead atoms. The fourth-order valence-corrected chi connectivity index (χ4v) is 3.15. The Morgan fingerprint density at radius 1 is 1.19 bits per heavy atom. The third kappa shape index (κ3) is 4.19. The van der Waals surface area contributed by atoms with E-state index in [-0.39, 0.29) is 0 Å². The van der Waals surface area contributed by atoms with Crippen molar-refractivity contribution in [2.75, 3.05) is 32.8 Å². The van der Waals surface area contributed by atoms with E-state index in [1.54, 1.807) is 0 Å². The number of rotatable bonds is 7. The van der Waals surface area contributed by atoms with Crippen molar-refractivity contribution in [1.82, 2.24) is 10.2 Å². The molecular weight excluding hydrogens is 264 g/mol. The summed E-state index contributed by atoms with van der Waals surface area (Å²) in [6.45, 7) is 7.94. The van der Waals surface area contributed by atoms with Crippen LogP contribution in [0.5, 0.6) is 5.75 Å². The molecule has 0 aliphatic carbocycles. The molecule has 21 heavy (non-hydrogen) atoms. The molecule has 2 saturated heterocycles.